The lowest BCUT2D eigenvalue weighted by atomic mass is 10.2. The van der Waals surface area contributed by atoms with Gasteiger partial charge in [0.2, 0.25) is 0 Å². The van der Waals surface area contributed by atoms with Crippen LogP contribution in [0.3, 0.4) is 0 Å². The minimum absolute atomic E-state index is 0.0210. The maximum absolute atomic E-state index is 11.3. The second-order valence-electron chi connectivity index (χ2n) is 5.12. The van der Waals surface area contributed by atoms with Gasteiger partial charge in [0.15, 0.2) is 11.3 Å². The number of hydrogen-bond acceptors (Lipinski definition) is 5. The summed E-state index contributed by atoms with van der Waals surface area (Å²) >= 11 is 6.18. The smallest absolute Gasteiger partial charge is 0.295 e. The molecule has 0 bridgehead atoms. The van der Waals surface area contributed by atoms with E-state index >= 15 is 0 Å². The van der Waals surface area contributed by atoms with Crippen LogP contribution in [0.15, 0.2) is 55.0 Å². The molecule has 0 aliphatic rings. The Morgan fingerprint density at radius 2 is 2.00 bits per heavy atom. The maximum atomic E-state index is 11.3. The Kier molecular flexibility index (Phi) is 3.28. The van der Waals surface area contributed by atoms with Gasteiger partial charge >= 0.3 is 0 Å². The molecule has 2 heterocycles. The molecular weight excluding hydrogens is 330 g/mol. The first kappa shape index (κ1) is 14.4. The minimum Gasteiger partial charge on any atom is -0.337 e. The minimum atomic E-state index is -0.426. The highest BCUT2D eigenvalue weighted by Crippen LogP contribution is 2.31. The van der Waals surface area contributed by atoms with Crippen molar-refractivity contribution in [2.45, 2.75) is 0 Å². The molecule has 4 aromatic rings. The molecule has 0 unspecified atom stereocenters. The number of para-hydroxylation sites is 2. The number of nitro benzene ring substituents is 1. The van der Waals surface area contributed by atoms with Gasteiger partial charge in [-0.15, -0.1) is 0 Å². The average Bonchev–Trinajstić information content (AvgIpc) is 3.06. The highest BCUT2D eigenvalue weighted by molar-refractivity contribution is 6.33. The zero-order valence-electron chi connectivity index (χ0n) is 12.2. The van der Waals surface area contributed by atoms with Gasteiger partial charge < -0.3 is 5.32 Å². The van der Waals surface area contributed by atoms with E-state index in [9.17, 15) is 10.1 Å². The number of halogens is 1. The van der Waals surface area contributed by atoms with Crippen LogP contribution < -0.4 is 5.32 Å². The van der Waals surface area contributed by atoms with Gasteiger partial charge in [-0.3, -0.25) is 14.5 Å². The predicted molar refractivity (Wildman–Crippen MR) is 91.9 cm³/mol. The lowest BCUT2D eigenvalue weighted by Crippen LogP contribution is -2.01. The number of non-ortho nitro benzene ring substituents is 1. The summed E-state index contributed by atoms with van der Waals surface area (Å²) in [6, 6.07) is 12.1. The zero-order chi connectivity index (χ0) is 16.7. The van der Waals surface area contributed by atoms with Crippen LogP contribution in [-0.4, -0.2) is 19.3 Å². The Labute approximate surface area is 140 Å². The molecule has 2 aromatic carbocycles. The Balaban J connectivity index is 1.99. The van der Waals surface area contributed by atoms with Crippen molar-refractivity contribution in [1.82, 2.24) is 14.4 Å². The second kappa shape index (κ2) is 5.47. The van der Waals surface area contributed by atoms with Gasteiger partial charge in [0.05, 0.1) is 27.3 Å². The summed E-state index contributed by atoms with van der Waals surface area (Å²) in [5, 5.41) is 15.0. The lowest BCUT2D eigenvalue weighted by molar-refractivity contribution is -0.383. The largest absolute Gasteiger partial charge is 0.337 e. The second-order valence-corrected chi connectivity index (χ2v) is 5.52. The van der Waals surface area contributed by atoms with Crippen LogP contribution in [0.4, 0.5) is 17.2 Å². The van der Waals surface area contributed by atoms with Crippen LogP contribution in [0.2, 0.25) is 5.02 Å². The number of nitrogens with one attached hydrogen (secondary N) is 1. The van der Waals surface area contributed by atoms with Crippen LogP contribution in [0.1, 0.15) is 0 Å². The summed E-state index contributed by atoms with van der Waals surface area (Å²) in [5.41, 5.74) is 2.19. The Morgan fingerprint density at radius 1 is 1.17 bits per heavy atom. The molecule has 2 aromatic heterocycles. The van der Waals surface area contributed by atoms with E-state index < -0.39 is 4.92 Å². The average molecular weight is 340 g/mol. The highest BCUT2D eigenvalue weighted by atomic mass is 35.5. The Bertz CT molecular complexity index is 1090. The van der Waals surface area contributed by atoms with E-state index in [-0.39, 0.29) is 5.69 Å². The van der Waals surface area contributed by atoms with E-state index in [1.807, 2.05) is 18.2 Å². The Hall–Kier alpha value is -3.19. The van der Waals surface area contributed by atoms with Gasteiger partial charge in [-0.25, -0.2) is 9.97 Å². The van der Waals surface area contributed by atoms with Crippen LogP contribution >= 0.6 is 11.6 Å². The third-order valence-corrected chi connectivity index (χ3v) is 4.00. The third kappa shape index (κ3) is 2.22. The summed E-state index contributed by atoms with van der Waals surface area (Å²) in [6.07, 6.45) is 3.13. The number of aromatic nitrogens is 3. The number of nitrogens with zero attached hydrogens (tertiary/aromatic N) is 4. The molecular formula is C16H10ClN5O2. The molecule has 0 amide bonds. The first-order valence-electron chi connectivity index (χ1n) is 7.06. The van der Waals surface area contributed by atoms with E-state index in [4.69, 9.17) is 11.6 Å². The van der Waals surface area contributed by atoms with Crippen LogP contribution in [0.25, 0.3) is 16.6 Å². The van der Waals surface area contributed by atoms with Gasteiger partial charge in [-0.05, 0) is 18.2 Å². The topological polar surface area (TPSA) is 85.4 Å². The molecule has 0 aliphatic carbocycles. The first-order chi connectivity index (χ1) is 11.6. The monoisotopic (exact) mass is 339 g/mol. The molecule has 0 spiro atoms. The summed E-state index contributed by atoms with van der Waals surface area (Å²) < 4.78 is 1.65. The summed E-state index contributed by atoms with van der Waals surface area (Å²) in [5.74, 6) is 0.522. The summed E-state index contributed by atoms with van der Waals surface area (Å²) in [6.45, 7) is 0. The van der Waals surface area contributed by atoms with Crippen molar-refractivity contribution in [3.63, 3.8) is 0 Å². The number of rotatable bonds is 3. The highest BCUT2D eigenvalue weighted by Gasteiger charge is 2.18. The molecule has 0 aliphatic heterocycles. The number of hydrogen-bond donors (Lipinski definition) is 1. The number of anilines is 2. The molecule has 0 radical (unpaired) electrons. The van der Waals surface area contributed by atoms with Crippen molar-refractivity contribution in [1.29, 1.82) is 0 Å². The third-order valence-electron chi connectivity index (χ3n) is 3.67. The van der Waals surface area contributed by atoms with Gasteiger partial charge in [-0.2, -0.15) is 0 Å². The molecule has 1 N–H and O–H groups in total. The first-order valence-corrected chi connectivity index (χ1v) is 7.43. The maximum Gasteiger partial charge on any atom is 0.295 e. The quantitative estimate of drug-likeness (QED) is 0.447. The van der Waals surface area contributed by atoms with Crippen LogP contribution in [0, 0.1) is 10.1 Å². The van der Waals surface area contributed by atoms with Crippen molar-refractivity contribution in [3.05, 3.63) is 70.1 Å². The van der Waals surface area contributed by atoms with E-state index in [2.05, 4.69) is 15.3 Å². The fraction of sp³-hybridized carbons (Fsp3) is 0. The van der Waals surface area contributed by atoms with Gasteiger partial charge in [0, 0.05) is 6.07 Å². The van der Waals surface area contributed by atoms with E-state index in [1.165, 1.54) is 12.4 Å². The molecule has 24 heavy (non-hydrogen) atoms. The zero-order valence-corrected chi connectivity index (χ0v) is 12.9. The fourth-order valence-electron chi connectivity index (χ4n) is 2.61. The predicted octanol–water partition coefficient (Wildman–Crippen LogP) is 4.19. The standard InChI is InChI=1S/C16H10ClN5O2/c17-10-4-1-2-5-11(10)19-16-14-8-18-9-21(14)15-12(20-16)6-3-7-13(15)22(23)24/h1-9H,(H,19,20). The number of fused-ring (bicyclic) bond motifs is 3. The number of imidazole rings is 1. The molecule has 4 rings (SSSR count). The SMILES string of the molecule is O=[N+]([O-])c1cccc2nc(Nc3ccccc3Cl)c3cncn3c12. The molecule has 8 heteroatoms. The van der Waals surface area contributed by atoms with Crippen molar-refractivity contribution in [2.75, 3.05) is 5.32 Å². The molecule has 7 nitrogen and oxygen atoms in total. The molecule has 0 saturated heterocycles. The van der Waals surface area contributed by atoms with Gasteiger partial charge in [0.1, 0.15) is 11.8 Å². The van der Waals surface area contributed by atoms with E-state index in [0.29, 0.717) is 33.1 Å². The van der Waals surface area contributed by atoms with Crippen LogP contribution in [-0.2, 0) is 0 Å². The van der Waals surface area contributed by atoms with Crippen LogP contribution in [0.5, 0.6) is 0 Å². The van der Waals surface area contributed by atoms with Crippen molar-refractivity contribution < 1.29 is 4.92 Å². The van der Waals surface area contributed by atoms with E-state index in [1.54, 1.807) is 28.8 Å². The normalized spacial score (nSPS) is 11.0. The number of nitro groups is 1. The Morgan fingerprint density at radius 3 is 2.79 bits per heavy atom. The van der Waals surface area contributed by atoms with Gasteiger partial charge in [-0.1, -0.05) is 29.8 Å². The molecule has 118 valence electrons. The van der Waals surface area contributed by atoms with Crippen molar-refractivity contribution >= 4 is 45.3 Å². The molecule has 0 atom stereocenters. The van der Waals surface area contributed by atoms with E-state index in [0.717, 1.165) is 0 Å². The lowest BCUT2D eigenvalue weighted by Gasteiger charge is -2.11. The molecule has 0 fully saturated rings. The summed E-state index contributed by atoms with van der Waals surface area (Å²) in [4.78, 5) is 19.5. The number of benzene rings is 2. The van der Waals surface area contributed by atoms with Crippen molar-refractivity contribution in [2.24, 2.45) is 0 Å². The molecule has 0 saturated carbocycles. The van der Waals surface area contributed by atoms with Gasteiger partial charge in [0.25, 0.3) is 5.69 Å². The summed E-state index contributed by atoms with van der Waals surface area (Å²) in [7, 11) is 0. The van der Waals surface area contributed by atoms with Crippen molar-refractivity contribution in [3.8, 4) is 0 Å². The fourth-order valence-corrected chi connectivity index (χ4v) is 2.80.